The van der Waals surface area contributed by atoms with E-state index < -0.39 is 0 Å². The molecule has 2 aromatic rings. The number of anilines is 2. The van der Waals surface area contributed by atoms with E-state index in [4.69, 9.17) is 11.6 Å². The number of benzene rings is 1. The van der Waals surface area contributed by atoms with Gasteiger partial charge in [-0.3, -0.25) is 4.79 Å². The van der Waals surface area contributed by atoms with Crippen LogP contribution in [-0.2, 0) is 10.2 Å². The number of nitrogens with zero attached hydrogens (tertiary/aromatic N) is 1. The molecule has 1 atom stereocenters. The fourth-order valence-corrected chi connectivity index (χ4v) is 2.18. The lowest BCUT2D eigenvalue weighted by atomic mass is 9.87. The maximum absolute atomic E-state index is 12.2. The van der Waals surface area contributed by atoms with Gasteiger partial charge in [-0.1, -0.05) is 44.5 Å². The third-order valence-electron chi connectivity index (χ3n) is 3.51. The molecule has 5 heteroatoms. The highest BCUT2D eigenvalue weighted by Crippen LogP contribution is 2.23. The van der Waals surface area contributed by atoms with Gasteiger partial charge >= 0.3 is 0 Å². The van der Waals surface area contributed by atoms with Crippen molar-refractivity contribution in [2.45, 2.75) is 39.2 Å². The molecule has 1 aromatic carbocycles. The third-order valence-corrected chi connectivity index (χ3v) is 3.73. The van der Waals surface area contributed by atoms with Crippen molar-refractivity contribution in [1.82, 2.24) is 4.98 Å². The number of pyridine rings is 1. The average molecular weight is 332 g/mol. The second-order valence-corrected chi connectivity index (χ2v) is 6.98. The number of amides is 1. The van der Waals surface area contributed by atoms with Crippen LogP contribution >= 0.6 is 11.6 Å². The van der Waals surface area contributed by atoms with E-state index in [2.05, 4.69) is 48.5 Å². The molecule has 0 aliphatic carbocycles. The fraction of sp³-hybridized carbons (Fsp3) is 0.333. The van der Waals surface area contributed by atoms with E-state index in [1.807, 2.05) is 19.1 Å². The molecule has 0 saturated heterocycles. The summed E-state index contributed by atoms with van der Waals surface area (Å²) < 4.78 is 0. The molecule has 0 bridgehead atoms. The van der Waals surface area contributed by atoms with E-state index in [1.165, 1.54) is 11.8 Å². The molecular weight excluding hydrogens is 310 g/mol. The molecule has 0 saturated carbocycles. The second-order valence-electron chi connectivity index (χ2n) is 6.54. The first kappa shape index (κ1) is 17.3. The molecule has 1 heterocycles. The minimum atomic E-state index is -0.382. The third kappa shape index (κ3) is 4.96. The van der Waals surface area contributed by atoms with Gasteiger partial charge in [0.05, 0.1) is 5.02 Å². The van der Waals surface area contributed by atoms with Gasteiger partial charge in [-0.05, 0) is 42.2 Å². The minimum absolute atomic E-state index is 0.113. The van der Waals surface area contributed by atoms with Crippen molar-refractivity contribution >= 4 is 29.0 Å². The summed E-state index contributed by atoms with van der Waals surface area (Å²) in [6, 6.07) is 11.1. The lowest BCUT2D eigenvalue weighted by molar-refractivity contribution is -0.116. The first-order valence-electron chi connectivity index (χ1n) is 7.55. The van der Waals surface area contributed by atoms with Crippen LogP contribution in [0.3, 0.4) is 0 Å². The number of hydrogen-bond acceptors (Lipinski definition) is 3. The van der Waals surface area contributed by atoms with Crippen molar-refractivity contribution in [2.24, 2.45) is 0 Å². The number of aromatic nitrogens is 1. The first-order valence-corrected chi connectivity index (χ1v) is 7.93. The van der Waals surface area contributed by atoms with Gasteiger partial charge < -0.3 is 10.6 Å². The molecular formula is C18H22ClN3O. The van der Waals surface area contributed by atoms with Gasteiger partial charge in [-0.15, -0.1) is 0 Å². The number of rotatable bonds is 4. The zero-order valence-corrected chi connectivity index (χ0v) is 14.6. The molecule has 2 rings (SSSR count). The van der Waals surface area contributed by atoms with Crippen molar-refractivity contribution < 1.29 is 4.79 Å². The van der Waals surface area contributed by atoms with Crippen LogP contribution in [0, 0.1) is 0 Å². The molecule has 1 amide bonds. The Morgan fingerprint density at radius 1 is 1.13 bits per heavy atom. The quantitative estimate of drug-likeness (QED) is 0.869. The molecule has 0 aliphatic heterocycles. The van der Waals surface area contributed by atoms with Crippen LogP contribution in [-0.4, -0.2) is 16.9 Å². The summed E-state index contributed by atoms with van der Waals surface area (Å²) >= 11 is 5.78. The smallest absolute Gasteiger partial charge is 0.247 e. The van der Waals surface area contributed by atoms with Crippen LogP contribution in [0.25, 0.3) is 0 Å². The summed E-state index contributed by atoms with van der Waals surface area (Å²) in [6.07, 6.45) is 1.50. The zero-order valence-electron chi connectivity index (χ0n) is 13.9. The Morgan fingerprint density at radius 3 is 2.30 bits per heavy atom. The molecule has 0 radical (unpaired) electrons. The van der Waals surface area contributed by atoms with Crippen molar-refractivity contribution in [1.29, 1.82) is 0 Å². The van der Waals surface area contributed by atoms with E-state index >= 15 is 0 Å². The Kier molecular flexibility index (Phi) is 5.26. The van der Waals surface area contributed by atoms with Crippen LogP contribution in [0.15, 0.2) is 42.6 Å². The highest BCUT2D eigenvalue weighted by molar-refractivity contribution is 6.30. The molecule has 4 nitrogen and oxygen atoms in total. The summed E-state index contributed by atoms with van der Waals surface area (Å²) in [5, 5.41) is 6.47. The Bertz CT molecular complexity index is 660. The van der Waals surface area contributed by atoms with Gasteiger partial charge in [0, 0.05) is 11.9 Å². The van der Waals surface area contributed by atoms with Crippen LogP contribution in [0.2, 0.25) is 5.02 Å². The highest BCUT2D eigenvalue weighted by atomic mass is 35.5. The normalized spacial score (nSPS) is 12.6. The van der Waals surface area contributed by atoms with E-state index in [1.54, 1.807) is 12.1 Å². The van der Waals surface area contributed by atoms with Gasteiger partial charge in [-0.25, -0.2) is 4.98 Å². The van der Waals surface area contributed by atoms with Crippen LogP contribution in [0.4, 0.5) is 11.5 Å². The molecule has 2 N–H and O–H groups in total. The Balaban J connectivity index is 1.96. The Labute approximate surface area is 142 Å². The van der Waals surface area contributed by atoms with Gasteiger partial charge in [-0.2, -0.15) is 0 Å². The van der Waals surface area contributed by atoms with Crippen molar-refractivity contribution in [3.05, 3.63) is 53.2 Å². The Hall–Kier alpha value is -2.07. The molecule has 0 fully saturated rings. The number of carbonyl (C=O) groups is 1. The fourth-order valence-electron chi connectivity index (χ4n) is 2.07. The van der Waals surface area contributed by atoms with Gasteiger partial charge in [0.1, 0.15) is 11.9 Å². The number of hydrogen-bond donors (Lipinski definition) is 2. The topological polar surface area (TPSA) is 54.0 Å². The summed E-state index contributed by atoms with van der Waals surface area (Å²) in [5.41, 5.74) is 2.28. The molecule has 23 heavy (non-hydrogen) atoms. The van der Waals surface area contributed by atoms with Gasteiger partial charge in [0.25, 0.3) is 0 Å². The predicted molar refractivity (Wildman–Crippen MR) is 96.1 cm³/mol. The maximum atomic E-state index is 12.2. The number of halogens is 1. The number of nitrogens with one attached hydrogen (secondary N) is 2. The molecule has 1 aromatic heterocycles. The SMILES string of the molecule is C[C@H](Nc1ccc(C(C)(C)C)cc1)C(=O)Nc1ccc(Cl)cn1. The van der Waals surface area contributed by atoms with E-state index in [0.29, 0.717) is 10.8 Å². The summed E-state index contributed by atoms with van der Waals surface area (Å²) in [6.45, 7) is 8.32. The maximum Gasteiger partial charge on any atom is 0.247 e. The molecule has 122 valence electrons. The van der Waals surface area contributed by atoms with Gasteiger partial charge in [0.2, 0.25) is 5.91 Å². The van der Waals surface area contributed by atoms with E-state index in [0.717, 1.165) is 5.69 Å². The van der Waals surface area contributed by atoms with Crippen molar-refractivity contribution in [3.8, 4) is 0 Å². The highest BCUT2D eigenvalue weighted by Gasteiger charge is 2.15. The van der Waals surface area contributed by atoms with Crippen LogP contribution < -0.4 is 10.6 Å². The molecule has 0 aliphatic rings. The second kappa shape index (κ2) is 7.01. The largest absolute Gasteiger partial charge is 0.374 e. The average Bonchev–Trinajstić information content (AvgIpc) is 2.49. The molecule has 0 spiro atoms. The predicted octanol–water partition coefficient (Wildman–Crippen LogP) is 4.47. The summed E-state index contributed by atoms with van der Waals surface area (Å²) in [4.78, 5) is 16.2. The van der Waals surface area contributed by atoms with Crippen molar-refractivity contribution in [3.63, 3.8) is 0 Å². The van der Waals surface area contributed by atoms with Crippen LogP contribution in [0.1, 0.15) is 33.3 Å². The minimum Gasteiger partial charge on any atom is -0.374 e. The Morgan fingerprint density at radius 2 is 1.78 bits per heavy atom. The van der Waals surface area contributed by atoms with Crippen molar-refractivity contribution in [2.75, 3.05) is 10.6 Å². The number of carbonyl (C=O) groups excluding carboxylic acids is 1. The van der Waals surface area contributed by atoms with Gasteiger partial charge in [0.15, 0.2) is 0 Å². The lowest BCUT2D eigenvalue weighted by Gasteiger charge is -2.20. The van der Waals surface area contributed by atoms with E-state index in [-0.39, 0.29) is 17.4 Å². The standard InChI is InChI=1S/C18H22ClN3O/c1-12(17(23)22-16-10-7-14(19)11-20-16)21-15-8-5-13(6-9-15)18(2,3)4/h5-12,21H,1-4H3,(H,20,22,23)/t12-/m0/s1. The summed E-state index contributed by atoms with van der Waals surface area (Å²) in [5.74, 6) is 0.329. The molecule has 0 unspecified atom stereocenters. The monoisotopic (exact) mass is 331 g/mol. The first-order chi connectivity index (χ1) is 10.8. The zero-order chi connectivity index (χ0) is 17.0. The lowest BCUT2D eigenvalue weighted by Crippen LogP contribution is -2.32. The van der Waals surface area contributed by atoms with Crippen LogP contribution in [0.5, 0.6) is 0 Å². The summed E-state index contributed by atoms with van der Waals surface area (Å²) in [7, 11) is 0. The van der Waals surface area contributed by atoms with E-state index in [9.17, 15) is 4.79 Å².